The van der Waals surface area contributed by atoms with Crippen LogP contribution < -0.4 is 10.8 Å². The lowest BCUT2D eigenvalue weighted by Crippen LogP contribution is -2.57. The zero-order chi connectivity index (χ0) is 7.11. The van der Waals surface area contributed by atoms with Gasteiger partial charge in [0.25, 0.3) is 0 Å². The van der Waals surface area contributed by atoms with E-state index in [4.69, 9.17) is 14.6 Å². The Morgan fingerprint density at radius 1 is 1.78 bits per heavy atom. The van der Waals surface area contributed by atoms with Gasteiger partial charge in [0.2, 0.25) is 0 Å². The fourth-order valence-corrected chi connectivity index (χ4v) is 0.451. The highest BCUT2D eigenvalue weighted by atomic mass is 16.5. The molecule has 1 saturated heterocycles. The fourth-order valence-electron chi connectivity index (χ4n) is 0.451. The van der Waals surface area contributed by atoms with Crippen LogP contribution in [0.2, 0.25) is 0 Å². The summed E-state index contributed by atoms with van der Waals surface area (Å²) in [6.45, 7) is 2.44. The maximum absolute atomic E-state index is 8.25. The van der Waals surface area contributed by atoms with Crippen molar-refractivity contribution in [2.75, 3.05) is 19.8 Å². The molecule has 0 saturated carbocycles. The Bertz CT molecular complexity index is 69.8. The summed E-state index contributed by atoms with van der Waals surface area (Å²) in [7, 11) is 0. The molecule has 0 aliphatic carbocycles. The van der Waals surface area contributed by atoms with Crippen molar-refractivity contribution in [2.45, 2.75) is 0 Å². The maximum atomic E-state index is 8.25. The van der Waals surface area contributed by atoms with E-state index in [0.29, 0.717) is 0 Å². The number of hydrogen-bond acceptors (Lipinski definition) is 3. The minimum Gasteiger partial charge on any atom is -0.554 e. The van der Waals surface area contributed by atoms with Gasteiger partial charge in [0.15, 0.2) is 0 Å². The van der Waals surface area contributed by atoms with E-state index in [1.807, 2.05) is 0 Å². The molecule has 0 radical (unpaired) electrons. The van der Waals surface area contributed by atoms with E-state index in [-0.39, 0.29) is 0 Å². The molecule has 0 aromatic rings. The average molecular weight is 133 g/mol. The molecule has 4 heteroatoms. The first-order chi connectivity index (χ1) is 4.35. The van der Waals surface area contributed by atoms with Gasteiger partial charge in [-0.15, -0.1) is 0 Å². The average Bonchev–Trinajstić information content (AvgIpc) is 1.64. The van der Waals surface area contributed by atoms with E-state index < -0.39 is 6.47 Å². The van der Waals surface area contributed by atoms with Crippen LogP contribution in [0.15, 0.2) is 0 Å². The largest absolute Gasteiger partial charge is 0.554 e. The summed E-state index contributed by atoms with van der Waals surface area (Å²) in [6, 6.07) is 0. The summed E-state index contributed by atoms with van der Waals surface area (Å²) in [5.74, 6) is 0.782. The van der Waals surface area contributed by atoms with Crippen molar-refractivity contribution in [2.24, 2.45) is 5.92 Å². The van der Waals surface area contributed by atoms with Crippen molar-refractivity contribution < 1.29 is 20.4 Å². The Kier molecular flexibility index (Phi) is 5.15. The third kappa shape index (κ3) is 3.93. The zero-order valence-corrected chi connectivity index (χ0v) is 5.21. The first kappa shape index (κ1) is 8.39. The molecular weight excluding hydrogens is 122 g/mol. The molecule has 3 N–H and O–H groups in total. The molecule has 1 aliphatic heterocycles. The van der Waals surface area contributed by atoms with Crippen LogP contribution in [0, 0.1) is 5.92 Å². The molecule has 1 heterocycles. The highest BCUT2D eigenvalue weighted by Crippen LogP contribution is 2.04. The normalized spacial score (nSPS) is 17.0. The number of hydrogen-bond donors (Lipinski definition) is 1. The van der Waals surface area contributed by atoms with E-state index in [1.54, 1.807) is 0 Å². The third-order valence-electron chi connectivity index (χ3n) is 1.12. The van der Waals surface area contributed by atoms with E-state index in [0.717, 1.165) is 25.7 Å². The van der Waals surface area contributed by atoms with Gasteiger partial charge in [-0.3, -0.25) is 0 Å². The zero-order valence-electron chi connectivity index (χ0n) is 5.21. The topological polar surface area (TPSA) is 77.0 Å². The third-order valence-corrected chi connectivity index (χ3v) is 1.12. The standard InChI is InChI=1S/C4H9NO.CH2O2/c5-1-4-2-6-3-4;2-1-3/h4H,1-3,5H2;1H,(H,2,3). The van der Waals surface area contributed by atoms with Crippen LogP contribution in [0.1, 0.15) is 0 Å². The summed E-state index contributed by atoms with van der Waals surface area (Å²) < 4.78 is 4.89. The first-order valence-electron chi connectivity index (χ1n) is 2.77. The molecule has 54 valence electrons. The summed E-state index contributed by atoms with van der Waals surface area (Å²) in [5.41, 5.74) is 3.73. The molecule has 0 atom stereocenters. The molecule has 0 aromatic heterocycles. The number of carbonyl (C=O) groups excluding carboxylic acids is 1. The van der Waals surface area contributed by atoms with E-state index in [9.17, 15) is 0 Å². The highest BCUT2D eigenvalue weighted by Gasteiger charge is 2.17. The molecule has 1 fully saturated rings. The van der Waals surface area contributed by atoms with Crippen LogP contribution in [0.4, 0.5) is 0 Å². The van der Waals surface area contributed by atoms with Crippen LogP contribution >= 0.6 is 0 Å². The molecular formula is C5H11NO3. The van der Waals surface area contributed by atoms with Crippen LogP contribution in [-0.2, 0) is 9.53 Å². The summed E-state index contributed by atoms with van der Waals surface area (Å²) in [5, 5.41) is 8.25. The van der Waals surface area contributed by atoms with Crippen LogP contribution in [0.3, 0.4) is 0 Å². The van der Waals surface area contributed by atoms with Gasteiger partial charge in [-0.05, 0) is 0 Å². The van der Waals surface area contributed by atoms with E-state index in [1.165, 1.54) is 0 Å². The van der Waals surface area contributed by atoms with Crippen molar-refractivity contribution in [1.29, 1.82) is 0 Å². The van der Waals surface area contributed by atoms with Crippen molar-refractivity contribution in [1.82, 2.24) is 0 Å². The lowest BCUT2D eigenvalue weighted by Gasteiger charge is -2.21. The molecule has 9 heavy (non-hydrogen) atoms. The van der Waals surface area contributed by atoms with Gasteiger partial charge in [0.05, 0.1) is 25.7 Å². The molecule has 0 unspecified atom stereocenters. The number of rotatable bonds is 1. The Morgan fingerprint density at radius 3 is 2.22 bits per heavy atom. The number of quaternary nitrogens is 1. The number of carboxylic acid groups (broad SMARTS) is 1. The summed E-state index contributed by atoms with van der Waals surface area (Å²) in [4.78, 5) is 8.25. The summed E-state index contributed by atoms with van der Waals surface area (Å²) >= 11 is 0. The lowest BCUT2D eigenvalue weighted by atomic mass is 10.1. The lowest BCUT2D eigenvalue weighted by molar-refractivity contribution is -0.391. The second-order valence-corrected chi connectivity index (χ2v) is 1.79. The second kappa shape index (κ2) is 5.53. The maximum Gasteiger partial charge on any atom is 0.0813 e. The molecule has 0 spiro atoms. The fraction of sp³-hybridized carbons (Fsp3) is 0.800. The quantitative estimate of drug-likeness (QED) is 0.394. The molecule has 4 nitrogen and oxygen atoms in total. The van der Waals surface area contributed by atoms with Gasteiger partial charge < -0.3 is 20.4 Å². The minimum absolute atomic E-state index is 0.500. The first-order valence-corrected chi connectivity index (χ1v) is 2.77. The van der Waals surface area contributed by atoms with Gasteiger partial charge in [0, 0.05) is 6.47 Å². The highest BCUT2D eigenvalue weighted by molar-refractivity contribution is 5.29. The van der Waals surface area contributed by atoms with Crippen molar-refractivity contribution in [3.05, 3.63) is 0 Å². The Hall–Kier alpha value is -0.610. The van der Waals surface area contributed by atoms with Gasteiger partial charge >= 0.3 is 0 Å². The molecule has 1 aliphatic rings. The molecule has 0 aromatic carbocycles. The van der Waals surface area contributed by atoms with Gasteiger partial charge in [-0.2, -0.15) is 0 Å². The van der Waals surface area contributed by atoms with Crippen molar-refractivity contribution in [3.63, 3.8) is 0 Å². The monoisotopic (exact) mass is 133 g/mol. The second-order valence-electron chi connectivity index (χ2n) is 1.79. The number of ether oxygens (including phenoxy) is 1. The minimum atomic E-state index is -0.500. The SMILES string of the molecule is O=C[O-].[NH3+]CC1COC1. The molecule has 1 rings (SSSR count). The predicted octanol–water partition coefficient (Wildman–Crippen LogP) is -2.76. The van der Waals surface area contributed by atoms with Crippen LogP contribution in [0.25, 0.3) is 0 Å². The Balaban J connectivity index is 0.000000187. The molecule has 0 amide bonds. The van der Waals surface area contributed by atoms with Gasteiger partial charge in [-0.1, -0.05) is 0 Å². The van der Waals surface area contributed by atoms with Crippen LogP contribution in [-0.4, -0.2) is 26.2 Å². The summed E-state index contributed by atoms with van der Waals surface area (Å²) in [6.07, 6.45) is 0. The van der Waals surface area contributed by atoms with Crippen LogP contribution in [0.5, 0.6) is 0 Å². The Morgan fingerprint density at radius 2 is 2.22 bits per heavy atom. The van der Waals surface area contributed by atoms with Gasteiger partial charge in [0.1, 0.15) is 0 Å². The van der Waals surface area contributed by atoms with Crippen molar-refractivity contribution >= 4 is 6.47 Å². The van der Waals surface area contributed by atoms with E-state index >= 15 is 0 Å². The van der Waals surface area contributed by atoms with E-state index in [2.05, 4.69) is 5.73 Å². The van der Waals surface area contributed by atoms with Crippen molar-refractivity contribution in [3.8, 4) is 0 Å². The predicted molar refractivity (Wildman–Crippen MR) is 28.1 cm³/mol. The molecule has 0 bridgehead atoms. The Labute approximate surface area is 53.6 Å². The number of carbonyl (C=O) groups is 1. The van der Waals surface area contributed by atoms with Gasteiger partial charge in [-0.25, -0.2) is 0 Å². The smallest absolute Gasteiger partial charge is 0.0813 e.